The summed E-state index contributed by atoms with van der Waals surface area (Å²) in [6.07, 6.45) is -5.90. The van der Waals surface area contributed by atoms with Crippen molar-refractivity contribution in [3.8, 4) is 0 Å². The van der Waals surface area contributed by atoms with Crippen LogP contribution in [0.15, 0.2) is 12.2 Å². The molecule has 0 radical (unpaired) electrons. The van der Waals surface area contributed by atoms with E-state index in [4.69, 9.17) is 4.74 Å². The molecule has 1 saturated heterocycles. The van der Waals surface area contributed by atoms with E-state index < -0.39 is 60.0 Å². The van der Waals surface area contributed by atoms with Gasteiger partial charge >= 0.3 is 35.8 Å². The normalized spacial score (nSPS) is 31.5. The van der Waals surface area contributed by atoms with Crippen LogP contribution in [0.25, 0.3) is 0 Å². The number of hydrogen-bond acceptors (Lipinski definition) is 7. The second kappa shape index (κ2) is 7.54. The number of halogens is 5. The van der Waals surface area contributed by atoms with Crippen molar-refractivity contribution in [2.24, 2.45) is 5.41 Å². The zero-order valence-corrected chi connectivity index (χ0v) is 16.4. The van der Waals surface area contributed by atoms with Crippen LogP contribution in [0.1, 0.15) is 34.6 Å². The van der Waals surface area contributed by atoms with Gasteiger partial charge in [-0.25, -0.2) is 4.79 Å². The molecule has 0 spiro atoms. The van der Waals surface area contributed by atoms with E-state index in [1.54, 1.807) is 0 Å². The van der Waals surface area contributed by atoms with E-state index in [1.165, 1.54) is 6.92 Å². The third-order valence-electron chi connectivity index (χ3n) is 4.64. The molecule has 3 atom stereocenters. The van der Waals surface area contributed by atoms with E-state index in [9.17, 15) is 27.6 Å². The first-order chi connectivity index (χ1) is 12.9. The first-order valence-electron chi connectivity index (χ1n) is 8.17. The Hall–Kier alpha value is -2.24. The van der Waals surface area contributed by atoms with Gasteiger partial charge < -0.3 is 18.9 Å². The highest BCUT2D eigenvalue weighted by molar-refractivity contribution is 5.86. The maximum atomic E-state index is 15.4. The molecule has 0 saturated carbocycles. The number of carbonyl (C=O) groups excluding carboxylic acids is 3. The van der Waals surface area contributed by atoms with Crippen LogP contribution in [0.4, 0.5) is 22.0 Å². The maximum Gasteiger partial charge on any atom is 0.462 e. The lowest BCUT2D eigenvalue weighted by molar-refractivity contribution is -0.486. The van der Waals surface area contributed by atoms with Gasteiger partial charge in [0.25, 0.3) is 0 Å². The topological polar surface area (TPSA) is 88.1 Å². The summed E-state index contributed by atoms with van der Waals surface area (Å²) in [6, 6.07) is 0. The Kier molecular flexibility index (Phi) is 6.45. The molecule has 1 heterocycles. The summed E-state index contributed by atoms with van der Waals surface area (Å²) < 4.78 is 89.7. The van der Waals surface area contributed by atoms with Crippen LogP contribution in [0, 0.1) is 5.41 Å². The Balaban J connectivity index is 3.62. The molecule has 1 rings (SSSR count). The number of ether oxygens (including phenoxy) is 4. The molecule has 3 unspecified atom stereocenters. The molecular formula is C17H21F5O7. The number of alkyl halides is 5. The van der Waals surface area contributed by atoms with Crippen molar-refractivity contribution in [2.45, 2.75) is 58.1 Å². The van der Waals surface area contributed by atoms with Gasteiger partial charge in [-0.05, 0) is 13.8 Å². The van der Waals surface area contributed by atoms with Gasteiger partial charge in [-0.2, -0.15) is 22.0 Å². The van der Waals surface area contributed by atoms with Gasteiger partial charge in [0, 0.05) is 19.4 Å². The van der Waals surface area contributed by atoms with Crippen LogP contribution in [-0.2, 0) is 33.3 Å². The quantitative estimate of drug-likeness (QED) is 0.286. The molecule has 0 amide bonds. The van der Waals surface area contributed by atoms with Crippen LogP contribution < -0.4 is 0 Å². The number of rotatable bonds is 5. The zero-order chi connectivity index (χ0) is 23.1. The van der Waals surface area contributed by atoms with Crippen LogP contribution >= 0.6 is 0 Å². The van der Waals surface area contributed by atoms with Crippen molar-refractivity contribution >= 4 is 17.9 Å². The van der Waals surface area contributed by atoms with E-state index in [2.05, 4.69) is 20.8 Å². The fourth-order valence-electron chi connectivity index (χ4n) is 2.80. The Labute approximate surface area is 163 Å². The van der Waals surface area contributed by atoms with Crippen molar-refractivity contribution in [3.63, 3.8) is 0 Å². The molecule has 29 heavy (non-hydrogen) atoms. The summed E-state index contributed by atoms with van der Waals surface area (Å²) in [7, 11) is 0. The Morgan fingerprint density at radius 2 is 1.52 bits per heavy atom. The summed E-state index contributed by atoms with van der Waals surface area (Å²) in [5.41, 5.74) is -5.53. The maximum absolute atomic E-state index is 15.4. The monoisotopic (exact) mass is 432 g/mol. The predicted octanol–water partition coefficient (Wildman–Crippen LogP) is 2.92. The Bertz CT molecular complexity index is 719. The molecule has 1 fully saturated rings. The highest BCUT2D eigenvalue weighted by atomic mass is 19.4. The summed E-state index contributed by atoms with van der Waals surface area (Å²) >= 11 is 0. The summed E-state index contributed by atoms with van der Waals surface area (Å²) in [6.45, 7) is 5.17. The molecule has 166 valence electrons. The van der Waals surface area contributed by atoms with Gasteiger partial charge in [0.1, 0.15) is 6.61 Å². The van der Waals surface area contributed by atoms with E-state index in [-0.39, 0.29) is 5.57 Å². The smallest absolute Gasteiger partial charge is 0.462 e. The van der Waals surface area contributed by atoms with Gasteiger partial charge in [-0.1, -0.05) is 13.5 Å². The molecular weight excluding hydrogens is 411 g/mol. The van der Waals surface area contributed by atoms with Gasteiger partial charge in [0.15, 0.2) is 5.60 Å². The molecule has 0 aromatic rings. The van der Waals surface area contributed by atoms with Gasteiger partial charge in [-0.15, -0.1) is 0 Å². The average Bonchev–Trinajstić information content (AvgIpc) is 2.52. The largest absolute Gasteiger partial charge is 0.462 e. The molecule has 0 aromatic heterocycles. The van der Waals surface area contributed by atoms with Gasteiger partial charge in [0.2, 0.25) is 0 Å². The summed E-state index contributed by atoms with van der Waals surface area (Å²) in [5, 5.41) is 0. The fraction of sp³-hybridized carbons (Fsp3) is 0.706. The molecule has 0 bridgehead atoms. The second-order valence-corrected chi connectivity index (χ2v) is 7.12. The van der Waals surface area contributed by atoms with Crippen molar-refractivity contribution in [1.29, 1.82) is 0 Å². The second-order valence-electron chi connectivity index (χ2n) is 7.12. The standard InChI is InChI=1S/C17H21F5O7/c1-9(2)12(25)26-7-13(5)8-27-16(17(20,21)22,29-11(4)24)15(18,19)14(13,6)28-10(3)23/h1,7-8H2,2-6H3. The van der Waals surface area contributed by atoms with Crippen molar-refractivity contribution in [3.05, 3.63) is 12.2 Å². The fourth-order valence-corrected chi connectivity index (χ4v) is 2.80. The number of esters is 3. The van der Waals surface area contributed by atoms with Crippen LogP contribution in [0.5, 0.6) is 0 Å². The lowest BCUT2D eigenvalue weighted by Crippen LogP contribution is -2.79. The van der Waals surface area contributed by atoms with E-state index in [0.29, 0.717) is 20.8 Å². The Morgan fingerprint density at radius 3 is 1.90 bits per heavy atom. The zero-order valence-electron chi connectivity index (χ0n) is 16.4. The molecule has 0 aliphatic carbocycles. The SMILES string of the molecule is C=C(C)C(=O)OCC1(C)COC(OC(C)=O)(C(F)(F)F)C(F)(F)C1(C)OC(C)=O. The summed E-state index contributed by atoms with van der Waals surface area (Å²) in [4.78, 5) is 34.4. The third-order valence-corrected chi connectivity index (χ3v) is 4.64. The average molecular weight is 432 g/mol. The van der Waals surface area contributed by atoms with Crippen LogP contribution in [0.2, 0.25) is 0 Å². The summed E-state index contributed by atoms with van der Waals surface area (Å²) in [5.74, 6) is -13.9. The van der Waals surface area contributed by atoms with Crippen molar-refractivity contribution < 1.29 is 55.3 Å². The van der Waals surface area contributed by atoms with Crippen molar-refractivity contribution in [2.75, 3.05) is 13.2 Å². The van der Waals surface area contributed by atoms with E-state index >= 15 is 8.78 Å². The molecule has 12 heteroatoms. The molecule has 7 nitrogen and oxygen atoms in total. The van der Waals surface area contributed by atoms with Gasteiger partial charge in [-0.3, -0.25) is 9.59 Å². The molecule has 0 N–H and O–H groups in total. The van der Waals surface area contributed by atoms with Gasteiger partial charge in [0.05, 0.1) is 12.0 Å². The lowest BCUT2D eigenvalue weighted by atomic mass is 9.67. The predicted molar refractivity (Wildman–Crippen MR) is 85.5 cm³/mol. The highest BCUT2D eigenvalue weighted by Crippen LogP contribution is 2.60. The third kappa shape index (κ3) is 3.94. The van der Waals surface area contributed by atoms with Crippen LogP contribution in [-0.4, -0.2) is 54.6 Å². The van der Waals surface area contributed by atoms with E-state index in [0.717, 1.165) is 6.92 Å². The minimum atomic E-state index is -5.90. The number of hydrogen-bond donors (Lipinski definition) is 0. The first-order valence-corrected chi connectivity index (χ1v) is 8.17. The molecule has 1 aliphatic heterocycles. The molecule has 0 aromatic carbocycles. The van der Waals surface area contributed by atoms with Crippen molar-refractivity contribution in [1.82, 2.24) is 0 Å². The van der Waals surface area contributed by atoms with E-state index in [1.807, 2.05) is 0 Å². The minimum absolute atomic E-state index is 0.101. The lowest BCUT2D eigenvalue weighted by Gasteiger charge is -2.57. The number of carbonyl (C=O) groups is 3. The Morgan fingerprint density at radius 1 is 1.03 bits per heavy atom. The van der Waals surface area contributed by atoms with Crippen LogP contribution in [0.3, 0.4) is 0 Å². The highest BCUT2D eigenvalue weighted by Gasteiger charge is 2.86. The minimum Gasteiger partial charge on any atom is -0.462 e. The first kappa shape index (κ1) is 24.8. The molecule has 1 aliphatic rings.